The second-order valence-corrected chi connectivity index (χ2v) is 7.57. The van der Waals surface area contributed by atoms with E-state index in [9.17, 15) is 4.79 Å². The minimum Gasteiger partial charge on any atom is -0.488 e. The highest BCUT2D eigenvalue weighted by molar-refractivity contribution is 6.30. The number of nitrogens with one attached hydrogen (secondary N) is 1. The van der Waals surface area contributed by atoms with Gasteiger partial charge in [0, 0.05) is 5.02 Å². The van der Waals surface area contributed by atoms with Gasteiger partial charge in [-0.15, -0.1) is 0 Å². The van der Waals surface area contributed by atoms with Crippen LogP contribution in [0.25, 0.3) is 0 Å². The van der Waals surface area contributed by atoms with Crippen molar-refractivity contribution in [2.75, 3.05) is 0 Å². The Bertz CT molecular complexity index is 888. The van der Waals surface area contributed by atoms with Crippen LogP contribution >= 0.6 is 11.6 Å². The lowest BCUT2D eigenvalue weighted by Crippen LogP contribution is -2.20. The molecule has 152 valence electrons. The number of amides is 1. The summed E-state index contributed by atoms with van der Waals surface area (Å²) in [6.45, 7) is 2.56. The fourth-order valence-corrected chi connectivity index (χ4v) is 3.43. The van der Waals surface area contributed by atoms with E-state index in [-0.39, 0.29) is 5.91 Å². The first-order valence-corrected chi connectivity index (χ1v) is 10.6. The standard InChI is InChI=1S/C24H27ClN2O2/c1-2-3-4-8-19-9-7-11-22(19)26-27-24(28)21-10-5-6-12-23(21)29-17-18-13-15-20(25)16-14-18/h5-6,9-10,12-16H,2-4,7-8,11,17H2,1H3,(H,27,28)/b26-22-. The highest BCUT2D eigenvalue weighted by Crippen LogP contribution is 2.22. The van der Waals surface area contributed by atoms with Gasteiger partial charge < -0.3 is 4.74 Å². The van der Waals surface area contributed by atoms with E-state index in [2.05, 4.69) is 23.5 Å². The summed E-state index contributed by atoms with van der Waals surface area (Å²) in [7, 11) is 0. The molecule has 3 rings (SSSR count). The predicted molar refractivity (Wildman–Crippen MR) is 119 cm³/mol. The number of allylic oxidation sites excluding steroid dienone is 2. The first kappa shape index (κ1) is 21.1. The summed E-state index contributed by atoms with van der Waals surface area (Å²) < 4.78 is 5.88. The Morgan fingerprint density at radius 2 is 1.93 bits per heavy atom. The topological polar surface area (TPSA) is 50.7 Å². The molecule has 1 amide bonds. The Hall–Kier alpha value is -2.59. The van der Waals surface area contributed by atoms with E-state index in [1.165, 1.54) is 18.4 Å². The van der Waals surface area contributed by atoms with E-state index < -0.39 is 0 Å². The number of para-hydroxylation sites is 1. The van der Waals surface area contributed by atoms with Gasteiger partial charge in [0.25, 0.3) is 5.91 Å². The van der Waals surface area contributed by atoms with Crippen molar-refractivity contribution in [2.45, 2.75) is 52.1 Å². The van der Waals surface area contributed by atoms with Crippen LogP contribution in [0.1, 0.15) is 61.4 Å². The zero-order valence-electron chi connectivity index (χ0n) is 16.8. The molecule has 29 heavy (non-hydrogen) atoms. The molecule has 0 saturated carbocycles. The van der Waals surface area contributed by atoms with E-state index in [0.29, 0.717) is 22.9 Å². The van der Waals surface area contributed by atoms with Crippen LogP contribution in [0.4, 0.5) is 0 Å². The van der Waals surface area contributed by atoms with Gasteiger partial charge in [0.1, 0.15) is 12.4 Å². The van der Waals surface area contributed by atoms with Crippen LogP contribution in [-0.4, -0.2) is 11.6 Å². The maximum Gasteiger partial charge on any atom is 0.275 e. The monoisotopic (exact) mass is 410 g/mol. The van der Waals surface area contributed by atoms with Gasteiger partial charge >= 0.3 is 0 Å². The van der Waals surface area contributed by atoms with Crippen molar-refractivity contribution in [1.82, 2.24) is 5.43 Å². The summed E-state index contributed by atoms with van der Waals surface area (Å²) in [4.78, 5) is 12.7. The zero-order valence-corrected chi connectivity index (χ0v) is 17.5. The molecule has 0 atom stereocenters. The molecule has 1 aliphatic carbocycles. The smallest absolute Gasteiger partial charge is 0.275 e. The lowest BCUT2D eigenvalue weighted by molar-refractivity contribution is 0.0950. The summed E-state index contributed by atoms with van der Waals surface area (Å²) >= 11 is 5.92. The molecule has 5 heteroatoms. The van der Waals surface area contributed by atoms with E-state index in [4.69, 9.17) is 16.3 Å². The number of benzene rings is 2. The minimum absolute atomic E-state index is 0.260. The van der Waals surface area contributed by atoms with Gasteiger partial charge in [-0.3, -0.25) is 4.79 Å². The van der Waals surface area contributed by atoms with E-state index in [1.807, 2.05) is 36.4 Å². The molecular weight excluding hydrogens is 384 g/mol. The van der Waals surface area contributed by atoms with Crippen LogP contribution in [0.3, 0.4) is 0 Å². The van der Waals surface area contributed by atoms with Gasteiger partial charge in [-0.25, -0.2) is 5.43 Å². The van der Waals surface area contributed by atoms with Gasteiger partial charge in [-0.2, -0.15) is 5.10 Å². The largest absolute Gasteiger partial charge is 0.488 e. The van der Waals surface area contributed by atoms with Crippen molar-refractivity contribution in [3.63, 3.8) is 0 Å². The van der Waals surface area contributed by atoms with Crippen LogP contribution in [0.5, 0.6) is 5.75 Å². The van der Waals surface area contributed by atoms with E-state index >= 15 is 0 Å². The molecule has 0 spiro atoms. The van der Waals surface area contributed by atoms with Crippen LogP contribution in [0, 0.1) is 0 Å². The van der Waals surface area contributed by atoms with Gasteiger partial charge in [-0.05, 0) is 61.1 Å². The van der Waals surface area contributed by atoms with E-state index in [1.54, 1.807) is 12.1 Å². The fourth-order valence-electron chi connectivity index (χ4n) is 3.30. The Kier molecular flexibility index (Phi) is 7.88. The Balaban J connectivity index is 1.62. The predicted octanol–water partition coefficient (Wildman–Crippen LogP) is 6.31. The molecule has 0 saturated heterocycles. The summed E-state index contributed by atoms with van der Waals surface area (Å²) in [5.41, 5.74) is 6.44. The van der Waals surface area contributed by atoms with Crippen molar-refractivity contribution >= 4 is 23.2 Å². The molecule has 4 nitrogen and oxygen atoms in total. The highest BCUT2D eigenvalue weighted by Gasteiger charge is 2.15. The third-order valence-corrected chi connectivity index (χ3v) is 5.18. The van der Waals surface area contributed by atoms with Gasteiger partial charge in [0.2, 0.25) is 0 Å². The Morgan fingerprint density at radius 1 is 1.14 bits per heavy atom. The first-order valence-electron chi connectivity index (χ1n) is 10.2. The highest BCUT2D eigenvalue weighted by atomic mass is 35.5. The van der Waals surface area contributed by atoms with Crippen molar-refractivity contribution in [3.8, 4) is 5.75 Å². The number of rotatable bonds is 9. The van der Waals surface area contributed by atoms with Crippen LogP contribution in [0.2, 0.25) is 5.02 Å². The molecule has 1 aliphatic rings. The second kappa shape index (κ2) is 10.8. The number of halogens is 1. The van der Waals surface area contributed by atoms with Gasteiger partial charge in [-0.1, -0.05) is 61.7 Å². The molecule has 0 heterocycles. The van der Waals surface area contributed by atoms with E-state index in [0.717, 1.165) is 37.0 Å². The minimum atomic E-state index is -0.260. The van der Waals surface area contributed by atoms with Crippen molar-refractivity contribution < 1.29 is 9.53 Å². The van der Waals surface area contributed by atoms with Crippen LogP contribution < -0.4 is 10.2 Å². The number of hydrogen-bond donors (Lipinski definition) is 1. The molecule has 0 aromatic heterocycles. The van der Waals surface area contributed by atoms with Crippen molar-refractivity contribution in [1.29, 1.82) is 0 Å². The third kappa shape index (κ3) is 6.20. The average Bonchev–Trinajstić information content (AvgIpc) is 3.19. The number of carbonyl (C=O) groups is 1. The molecule has 0 fully saturated rings. The number of hydrazone groups is 1. The maximum atomic E-state index is 12.7. The Morgan fingerprint density at radius 3 is 2.72 bits per heavy atom. The fraction of sp³-hybridized carbons (Fsp3) is 0.333. The number of unbranched alkanes of at least 4 members (excludes halogenated alkanes) is 2. The number of carbonyl (C=O) groups excluding carboxylic acids is 1. The Labute approximate surface area is 177 Å². The maximum absolute atomic E-state index is 12.7. The van der Waals surface area contributed by atoms with Gasteiger partial charge in [0.15, 0.2) is 0 Å². The summed E-state index contributed by atoms with van der Waals surface area (Å²) in [6, 6.07) is 14.7. The SMILES string of the molecule is CCCCCC1=CCC/C1=N/NC(=O)c1ccccc1OCc1ccc(Cl)cc1. The number of hydrogen-bond acceptors (Lipinski definition) is 3. The summed E-state index contributed by atoms with van der Waals surface area (Å²) in [6.07, 6.45) is 8.73. The summed E-state index contributed by atoms with van der Waals surface area (Å²) in [5, 5.41) is 5.09. The van der Waals surface area contributed by atoms with Crippen LogP contribution in [-0.2, 0) is 6.61 Å². The lowest BCUT2D eigenvalue weighted by atomic mass is 10.1. The first-order chi connectivity index (χ1) is 14.2. The van der Waals surface area contributed by atoms with Crippen molar-refractivity contribution in [2.24, 2.45) is 5.10 Å². The zero-order chi connectivity index (χ0) is 20.5. The molecule has 2 aromatic carbocycles. The average molecular weight is 411 g/mol. The van der Waals surface area contributed by atoms with Gasteiger partial charge in [0.05, 0.1) is 11.3 Å². The quantitative estimate of drug-likeness (QED) is 0.389. The number of ether oxygens (including phenoxy) is 1. The van der Waals surface area contributed by atoms with Crippen LogP contribution in [0.15, 0.2) is 65.3 Å². The molecule has 0 aliphatic heterocycles. The number of nitrogens with zero attached hydrogens (tertiary/aromatic N) is 1. The molecule has 2 aromatic rings. The molecular formula is C24H27ClN2O2. The third-order valence-electron chi connectivity index (χ3n) is 4.92. The normalized spacial score (nSPS) is 14.7. The molecule has 0 unspecified atom stereocenters. The lowest BCUT2D eigenvalue weighted by Gasteiger charge is -2.11. The summed E-state index contributed by atoms with van der Waals surface area (Å²) in [5.74, 6) is 0.272. The van der Waals surface area contributed by atoms with Crippen molar-refractivity contribution in [3.05, 3.63) is 76.3 Å². The molecule has 1 N–H and O–H groups in total. The molecule has 0 bridgehead atoms. The second-order valence-electron chi connectivity index (χ2n) is 7.14. The molecule has 0 radical (unpaired) electrons.